The van der Waals surface area contributed by atoms with Crippen LogP contribution in [-0.4, -0.2) is 42.4 Å². The zero-order valence-electron chi connectivity index (χ0n) is 21.4. The molecular formula is C30H38N2O4. The van der Waals surface area contributed by atoms with E-state index in [1.807, 2.05) is 67.6 Å². The van der Waals surface area contributed by atoms with Gasteiger partial charge in [0.05, 0.1) is 19.1 Å². The number of methoxy groups -OCH3 is 1. The number of carbonyl (C=O) groups excluding carboxylic acids is 3. The van der Waals surface area contributed by atoms with Crippen molar-refractivity contribution in [3.05, 3.63) is 71.8 Å². The zero-order chi connectivity index (χ0) is 25.5. The van der Waals surface area contributed by atoms with E-state index < -0.39 is 29.9 Å². The number of esters is 1. The van der Waals surface area contributed by atoms with Crippen LogP contribution in [0.15, 0.2) is 60.7 Å². The van der Waals surface area contributed by atoms with Crippen LogP contribution in [0.2, 0.25) is 0 Å². The van der Waals surface area contributed by atoms with E-state index in [1.165, 1.54) is 20.0 Å². The van der Waals surface area contributed by atoms with Gasteiger partial charge in [0.1, 0.15) is 6.04 Å². The minimum Gasteiger partial charge on any atom is -0.469 e. The molecule has 6 heteroatoms. The minimum absolute atomic E-state index is 0.0697. The SMILES string of the molecule is CCCNC(=O)C1C(c2ccccc2)C(C(=O)OC)C(c2ccccc2)N1C(=O)CCC1CCCC1. The smallest absolute Gasteiger partial charge is 0.311 e. The minimum atomic E-state index is -0.802. The summed E-state index contributed by atoms with van der Waals surface area (Å²) in [5.74, 6) is -1.35. The van der Waals surface area contributed by atoms with Crippen LogP contribution in [0.5, 0.6) is 0 Å². The summed E-state index contributed by atoms with van der Waals surface area (Å²) in [7, 11) is 1.38. The predicted molar refractivity (Wildman–Crippen MR) is 139 cm³/mol. The lowest BCUT2D eigenvalue weighted by Crippen LogP contribution is -2.48. The lowest BCUT2D eigenvalue weighted by atomic mass is 9.80. The van der Waals surface area contributed by atoms with E-state index >= 15 is 0 Å². The number of nitrogens with one attached hydrogen (secondary N) is 1. The molecule has 2 aromatic rings. The first-order valence-electron chi connectivity index (χ1n) is 13.3. The quantitative estimate of drug-likeness (QED) is 0.502. The van der Waals surface area contributed by atoms with E-state index in [9.17, 15) is 14.4 Å². The molecule has 36 heavy (non-hydrogen) atoms. The van der Waals surface area contributed by atoms with Crippen LogP contribution in [-0.2, 0) is 19.1 Å². The summed E-state index contributed by atoms with van der Waals surface area (Å²) in [6.45, 7) is 2.51. The molecule has 2 aliphatic rings. The Hall–Kier alpha value is -3.15. The summed E-state index contributed by atoms with van der Waals surface area (Å²) in [5, 5.41) is 3.02. The summed E-state index contributed by atoms with van der Waals surface area (Å²) in [6.07, 6.45) is 6.74. The molecular weight excluding hydrogens is 452 g/mol. The number of rotatable bonds is 9. The van der Waals surface area contributed by atoms with Crippen LogP contribution in [0, 0.1) is 11.8 Å². The van der Waals surface area contributed by atoms with E-state index in [-0.39, 0.29) is 11.8 Å². The average Bonchev–Trinajstić information content (AvgIpc) is 3.57. The normalized spacial score (nSPS) is 24.0. The van der Waals surface area contributed by atoms with Crippen molar-refractivity contribution in [3.8, 4) is 0 Å². The van der Waals surface area contributed by atoms with Crippen molar-refractivity contribution < 1.29 is 19.1 Å². The number of hydrogen-bond donors (Lipinski definition) is 1. The van der Waals surface area contributed by atoms with Crippen molar-refractivity contribution in [1.82, 2.24) is 10.2 Å². The summed E-state index contributed by atoms with van der Waals surface area (Å²) < 4.78 is 5.31. The maximum absolute atomic E-state index is 14.0. The Morgan fingerprint density at radius 2 is 1.56 bits per heavy atom. The van der Waals surface area contributed by atoms with E-state index in [0.717, 1.165) is 36.8 Å². The highest BCUT2D eigenvalue weighted by molar-refractivity contribution is 5.92. The molecule has 4 atom stereocenters. The van der Waals surface area contributed by atoms with Gasteiger partial charge in [0.15, 0.2) is 0 Å². The van der Waals surface area contributed by atoms with Crippen LogP contribution >= 0.6 is 0 Å². The summed E-state index contributed by atoms with van der Waals surface area (Å²) in [4.78, 5) is 42.9. The number of nitrogens with zero attached hydrogens (tertiary/aromatic N) is 1. The maximum Gasteiger partial charge on any atom is 0.311 e. The van der Waals surface area contributed by atoms with E-state index in [0.29, 0.717) is 18.9 Å². The highest BCUT2D eigenvalue weighted by atomic mass is 16.5. The van der Waals surface area contributed by atoms with Crippen molar-refractivity contribution in [3.63, 3.8) is 0 Å². The summed E-state index contributed by atoms with van der Waals surface area (Å²) in [5.41, 5.74) is 1.70. The Morgan fingerprint density at radius 3 is 2.14 bits per heavy atom. The third kappa shape index (κ3) is 5.48. The van der Waals surface area contributed by atoms with Gasteiger partial charge in [-0.1, -0.05) is 93.3 Å². The fraction of sp³-hybridized carbons (Fsp3) is 0.500. The van der Waals surface area contributed by atoms with Crippen molar-refractivity contribution in [1.29, 1.82) is 0 Å². The number of amides is 2. The molecule has 1 saturated carbocycles. The van der Waals surface area contributed by atoms with Gasteiger partial charge in [-0.3, -0.25) is 14.4 Å². The van der Waals surface area contributed by atoms with Crippen molar-refractivity contribution in [2.24, 2.45) is 11.8 Å². The third-order valence-electron chi connectivity index (χ3n) is 7.81. The topological polar surface area (TPSA) is 75.7 Å². The Kier molecular flexibility index (Phi) is 8.79. The second-order valence-electron chi connectivity index (χ2n) is 10.1. The van der Waals surface area contributed by atoms with Crippen LogP contribution in [0.3, 0.4) is 0 Å². The Balaban J connectivity index is 1.81. The fourth-order valence-electron chi connectivity index (χ4n) is 6.11. The number of ether oxygens (including phenoxy) is 1. The number of hydrogen-bond acceptors (Lipinski definition) is 4. The van der Waals surface area contributed by atoms with Gasteiger partial charge in [0, 0.05) is 18.9 Å². The zero-order valence-corrected chi connectivity index (χ0v) is 21.4. The maximum atomic E-state index is 14.0. The predicted octanol–water partition coefficient (Wildman–Crippen LogP) is 5.01. The second kappa shape index (κ2) is 12.2. The number of benzene rings is 2. The molecule has 0 aromatic heterocycles. The molecule has 2 amide bonds. The molecule has 0 bridgehead atoms. The highest BCUT2D eigenvalue weighted by Gasteiger charge is 2.57. The molecule has 2 fully saturated rings. The molecule has 1 saturated heterocycles. The van der Waals surface area contributed by atoms with Crippen LogP contribution in [0.25, 0.3) is 0 Å². The fourth-order valence-corrected chi connectivity index (χ4v) is 6.11. The molecule has 6 nitrogen and oxygen atoms in total. The average molecular weight is 491 g/mol. The van der Waals surface area contributed by atoms with Gasteiger partial charge in [0.25, 0.3) is 0 Å². The first-order chi connectivity index (χ1) is 17.6. The van der Waals surface area contributed by atoms with Crippen LogP contribution in [0.1, 0.15) is 75.0 Å². The molecule has 192 valence electrons. The standard InChI is InChI=1S/C30H38N2O4/c1-3-20-31-29(34)28-25(22-14-6-4-7-15-22)26(30(35)36-2)27(23-16-8-5-9-17-23)32(28)24(33)19-18-21-12-10-11-13-21/h4-9,14-17,21,25-28H,3,10-13,18-20H2,1-2H3,(H,31,34). The molecule has 2 aromatic carbocycles. The van der Waals surface area contributed by atoms with Gasteiger partial charge in [0.2, 0.25) is 11.8 Å². The molecule has 4 rings (SSSR count). The first-order valence-corrected chi connectivity index (χ1v) is 13.3. The number of carbonyl (C=O) groups is 3. The third-order valence-corrected chi connectivity index (χ3v) is 7.81. The van der Waals surface area contributed by atoms with Gasteiger partial charge < -0.3 is 15.0 Å². The molecule has 4 unspecified atom stereocenters. The van der Waals surface area contributed by atoms with E-state index in [4.69, 9.17) is 4.74 Å². The lowest BCUT2D eigenvalue weighted by molar-refractivity contribution is -0.147. The summed E-state index contributed by atoms with van der Waals surface area (Å²) in [6, 6.07) is 17.8. The van der Waals surface area contributed by atoms with Gasteiger partial charge in [-0.15, -0.1) is 0 Å². The van der Waals surface area contributed by atoms with Crippen molar-refractivity contribution in [2.75, 3.05) is 13.7 Å². The van der Waals surface area contributed by atoms with Crippen molar-refractivity contribution in [2.45, 2.75) is 69.9 Å². The largest absolute Gasteiger partial charge is 0.469 e. The van der Waals surface area contributed by atoms with Gasteiger partial charge in [-0.25, -0.2) is 0 Å². The molecule has 0 spiro atoms. The number of likely N-dealkylation sites (tertiary alicyclic amines) is 1. The molecule has 1 aliphatic carbocycles. The van der Waals surface area contributed by atoms with Gasteiger partial charge >= 0.3 is 5.97 Å². The van der Waals surface area contributed by atoms with E-state index in [2.05, 4.69) is 5.32 Å². The Labute approximate surface area is 214 Å². The van der Waals surface area contributed by atoms with Gasteiger partial charge in [-0.05, 0) is 29.9 Å². The molecule has 1 aliphatic heterocycles. The Morgan fingerprint density at radius 1 is 0.944 bits per heavy atom. The van der Waals surface area contributed by atoms with Crippen molar-refractivity contribution >= 4 is 17.8 Å². The molecule has 1 N–H and O–H groups in total. The highest BCUT2D eigenvalue weighted by Crippen LogP contribution is 2.51. The Bertz CT molecular complexity index is 1020. The lowest BCUT2D eigenvalue weighted by Gasteiger charge is -2.32. The molecule has 0 radical (unpaired) electrons. The van der Waals surface area contributed by atoms with Crippen LogP contribution in [0.4, 0.5) is 0 Å². The first kappa shape index (κ1) is 25.9. The van der Waals surface area contributed by atoms with E-state index in [1.54, 1.807) is 4.90 Å². The summed E-state index contributed by atoms with van der Waals surface area (Å²) >= 11 is 0. The monoisotopic (exact) mass is 490 g/mol. The van der Waals surface area contributed by atoms with Crippen LogP contribution < -0.4 is 5.32 Å². The second-order valence-corrected chi connectivity index (χ2v) is 10.1. The molecule has 1 heterocycles. The van der Waals surface area contributed by atoms with Gasteiger partial charge in [-0.2, -0.15) is 0 Å².